The van der Waals surface area contributed by atoms with Gasteiger partial charge in [0, 0.05) is 28.9 Å². The third-order valence-electron chi connectivity index (χ3n) is 3.26. The van der Waals surface area contributed by atoms with Crippen molar-refractivity contribution in [2.75, 3.05) is 19.8 Å². The van der Waals surface area contributed by atoms with Gasteiger partial charge in [-0.05, 0) is 25.5 Å². The van der Waals surface area contributed by atoms with Crippen LogP contribution in [0.2, 0.25) is 0 Å². The first kappa shape index (κ1) is 13.0. The molecule has 17 heavy (non-hydrogen) atoms. The van der Waals surface area contributed by atoms with Gasteiger partial charge in [0.2, 0.25) is 0 Å². The van der Waals surface area contributed by atoms with Crippen LogP contribution in [0.15, 0.2) is 12.1 Å². The topological polar surface area (TPSA) is 32.7 Å². The third-order valence-corrected chi connectivity index (χ3v) is 4.48. The van der Waals surface area contributed by atoms with Crippen LogP contribution in [0.3, 0.4) is 0 Å². The average Bonchev–Trinajstić information content (AvgIpc) is 2.80. The van der Waals surface area contributed by atoms with E-state index >= 15 is 0 Å². The van der Waals surface area contributed by atoms with E-state index in [0.29, 0.717) is 6.04 Å². The summed E-state index contributed by atoms with van der Waals surface area (Å²) in [5.74, 6) is 0. The number of hydrogen-bond acceptors (Lipinski definition) is 4. The minimum Gasteiger partial charge on any atom is -0.394 e. The lowest BCUT2D eigenvalue weighted by molar-refractivity contribution is -0.0802. The minimum absolute atomic E-state index is 0.0168. The maximum Gasteiger partial charge on any atom is 0.0933 e. The summed E-state index contributed by atoms with van der Waals surface area (Å²) in [7, 11) is 0. The number of nitrogens with zero attached hydrogens (tertiary/aromatic N) is 1. The standard InChI is InChI=1S/C13H21NO2S/c1-3-12-4-5-13(17-12)7-14-6-11(8-15)16-9-10(14)2/h4-5,10-11,15H,3,6-9H2,1-2H3. The van der Waals surface area contributed by atoms with Gasteiger partial charge in [0.1, 0.15) is 0 Å². The van der Waals surface area contributed by atoms with E-state index in [0.717, 1.165) is 26.1 Å². The SMILES string of the molecule is CCc1ccc(CN2CC(CO)OCC2C)s1. The molecule has 0 aliphatic carbocycles. The zero-order valence-electron chi connectivity index (χ0n) is 10.6. The zero-order valence-corrected chi connectivity index (χ0v) is 11.4. The lowest BCUT2D eigenvalue weighted by atomic mass is 10.2. The predicted octanol–water partition coefficient (Wildman–Crippen LogP) is 1.89. The molecule has 96 valence electrons. The van der Waals surface area contributed by atoms with E-state index in [-0.39, 0.29) is 12.7 Å². The molecule has 2 heterocycles. The summed E-state index contributed by atoms with van der Waals surface area (Å²) in [5, 5.41) is 9.15. The summed E-state index contributed by atoms with van der Waals surface area (Å²) in [6, 6.07) is 4.87. The molecule has 1 aliphatic rings. The number of thiophene rings is 1. The molecule has 0 aromatic carbocycles. The maximum atomic E-state index is 9.15. The second-order valence-electron chi connectivity index (χ2n) is 4.64. The van der Waals surface area contributed by atoms with E-state index < -0.39 is 0 Å². The maximum absolute atomic E-state index is 9.15. The highest BCUT2D eigenvalue weighted by Crippen LogP contribution is 2.21. The molecule has 0 spiro atoms. The third kappa shape index (κ3) is 3.28. The monoisotopic (exact) mass is 255 g/mol. The molecule has 2 unspecified atom stereocenters. The van der Waals surface area contributed by atoms with Gasteiger partial charge in [0.25, 0.3) is 0 Å². The first-order valence-corrected chi connectivity index (χ1v) is 7.08. The Morgan fingerprint density at radius 1 is 1.47 bits per heavy atom. The molecule has 0 radical (unpaired) electrons. The lowest BCUT2D eigenvalue weighted by Crippen LogP contribution is -2.48. The highest BCUT2D eigenvalue weighted by atomic mass is 32.1. The Balaban J connectivity index is 1.96. The van der Waals surface area contributed by atoms with Gasteiger partial charge in [-0.1, -0.05) is 6.92 Å². The van der Waals surface area contributed by atoms with Crippen molar-refractivity contribution >= 4 is 11.3 Å². The van der Waals surface area contributed by atoms with Crippen LogP contribution in [0.25, 0.3) is 0 Å². The van der Waals surface area contributed by atoms with Crippen LogP contribution in [0.5, 0.6) is 0 Å². The molecule has 0 bridgehead atoms. The number of morpholine rings is 1. The van der Waals surface area contributed by atoms with Crippen molar-refractivity contribution < 1.29 is 9.84 Å². The fourth-order valence-electron chi connectivity index (χ4n) is 2.10. The van der Waals surface area contributed by atoms with E-state index in [1.807, 2.05) is 11.3 Å². The van der Waals surface area contributed by atoms with Gasteiger partial charge in [0.15, 0.2) is 0 Å². The number of rotatable bonds is 4. The molecule has 1 aromatic heterocycles. The normalized spacial score (nSPS) is 26.3. The number of aliphatic hydroxyl groups is 1. The highest BCUT2D eigenvalue weighted by molar-refractivity contribution is 7.11. The van der Waals surface area contributed by atoms with Gasteiger partial charge in [-0.2, -0.15) is 0 Å². The molecular formula is C13H21NO2S. The lowest BCUT2D eigenvalue weighted by Gasteiger charge is -2.37. The van der Waals surface area contributed by atoms with Crippen LogP contribution < -0.4 is 0 Å². The van der Waals surface area contributed by atoms with E-state index in [2.05, 4.69) is 30.9 Å². The fraction of sp³-hybridized carbons (Fsp3) is 0.692. The molecule has 1 saturated heterocycles. The van der Waals surface area contributed by atoms with Gasteiger partial charge < -0.3 is 9.84 Å². The largest absolute Gasteiger partial charge is 0.394 e. The van der Waals surface area contributed by atoms with Gasteiger partial charge in [-0.3, -0.25) is 4.90 Å². The number of aliphatic hydroxyl groups excluding tert-OH is 1. The summed E-state index contributed by atoms with van der Waals surface area (Å²) in [5.41, 5.74) is 0. The smallest absolute Gasteiger partial charge is 0.0933 e. The molecule has 2 rings (SSSR count). The van der Waals surface area contributed by atoms with Crippen LogP contribution in [0.4, 0.5) is 0 Å². The highest BCUT2D eigenvalue weighted by Gasteiger charge is 2.25. The zero-order chi connectivity index (χ0) is 12.3. The van der Waals surface area contributed by atoms with Gasteiger partial charge in [0.05, 0.1) is 19.3 Å². The second-order valence-corrected chi connectivity index (χ2v) is 5.89. The Morgan fingerprint density at radius 3 is 2.88 bits per heavy atom. The van der Waals surface area contributed by atoms with Crippen molar-refractivity contribution in [2.45, 2.75) is 39.0 Å². The summed E-state index contributed by atoms with van der Waals surface area (Å²) < 4.78 is 5.55. The van der Waals surface area contributed by atoms with Crippen molar-refractivity contribution in [1.29, 1.82) is 0 Å². The van der Waals surface area contributed by atoms with Crippen LogP contribution in [-0.4, -0.2) is 41.9 Å². The fourth-order valence-corrected chi connectivity index (χ4v) is 3.09. The molecule has 3 nitrogen and oxygen atoms in total. The summed E-state index contributed by atoms with van der Waals surface area (Å²) in [6.45, 7) is 7.02. The molecular weight excluding hydrogens is 234 g/mol. The quantitative estimate of drug-likeness (QED) is 0.892. The first-order chi connectivity index (χ1) is 8.22. The van der Waals surface area contributed by atoms with Crippen molar-refractivity contribution in [3.8, 4) is 0 Å². The van der Waals surface area contributed by atoms with Crippen molar-refractivity contribution in [3.63, 3.8) is 0 Å². The molecule has 4 heteroatoms. The average molecular weight is 255 g/mol. The number of hydrogen-bond donors (Lipinski definition) is 1. The van der Waals surface area contributed by atoms with Gasteiger partial charge in [-0.15, -0.1) is 11.3 Å². The molecule has 1 aromatic rings. The summed E-state index contributed by atoms with van der Waals surface area (Å²) in [4.78, 5) is 5.25. The Kier molecular flexibility index (Phi) is 4.56. The first-order valence-electron chi connectivity index (χ1n) is 6.27. The van der Waals surface area contributed by atoms with E-state index in [1.54, 1.807) is 0 Å². The minimum atomic E-state index is -0.0168. The van der Waals surface area contributed by atoms with Crippen molar-refractivity contribution in [3.05, 3.63) is 21.9 Å². The number of aryl methyl sites for hydroxylation is 1. The Bertz CT molecular complexity index is 353. The molecule has 1 N–H and O–H groups in total. The van der Waals surface area contributed by atoms with Crippen LogP contribution in [-0.2, 0) is 17.7 Å². The second kappa shape index (κ2) is 5.96. The number of ether oxygens (including phenoxy) is 1. The van der Waals surface area contributed by atoms with Crippen LogP contribution in [0.1, 0.15) is 23.6 Å². The molecule has 0 saturated carbocycles. The molecule has 2 atom stereocenters. The van der Waals surface area contributed by atoms with Crippen molar-refractivity contribution in [1.82, 2.24) is 4.90 Å². The van der Waals surface area contributed by atoms with Gasteiger partial charge in [-0.25, -0.2) is 0 Å². The molecule has 1 fully saturated rings. The van der Waals surface area contributed by atoms with E-state index in [9.17, 15) is 0 Å². The predicted molar refractivity (Wildman–Crippen MR) is 70.4 cm³/mol. The summed E-state index contributed by atoms with van der Waals surface area (Å²) in [6.07, 6.45) is 1.10. The van der Waals surface area contributed by atoms with Crippen LogP contribution >= 0.6 is 11.3 Å². The van der Waals surface area contributed by atoms with Crippen LogP contribution in [0, 0.1) is 0 Å². The van der Waals surface area contributed by atoms with E-state index in [4.69, 9.17) is 9.84 Å². The van der Waals surface area contributed by atoms with Crippen molar-refractivity contribution in [2.24, 2.45) is 0 Å². The van der Waals surface area contributed by atoms with Gasteiger partial charge >= 0.3 is 0 Å². The Morgan fingerprint density at radius 2 is 2.24 bits per heavy atom. The molecule has 0 amide bonds. The Hall–Kier alpha value is -0.420. The summed E-state index contributed by atoms with van der Waals surface area (Å²) >= 11 is 1.89. The Labute approximate surface area is 107 Å². The van der Waals surface area contributed by atoms with E-state index in [1.165, 1.54) is 9.75 Å². The molecule has 1 aliphatic heterocycles.